The Labute approximate surface area is 137 Å². The minimum atomic E-state index is -0.218. The van der Waals surface area contributed by atoms with Gasteiger partial charge in [-0.3, -0.25) is 9.59 Å². The lowest BCUT2D eigenvalue weighted by Crippen LogP contribution is -2.36. The molecule has 116 valence electrons. The highest BCUT2D eigenvalue weighted by molar-refractivity contribution is 9.10. The van der Waals surface area contributed by atoms with Crippen molar-refractivity contribution in [1.29, 1.82) is 0 Å². The van der Waals surface area contributed by atoms with E-state index in [9.17, 15) is 9.59 Å². The first kappa shape index (κ1) is 14.2. The molecule has 1 aromatic rings. The van der Waals surface area contributed by atoms with Crippen LogP contribution in [-0.4, -0.2) is 18.0 Å². The maximum Gasteiger partial charge on any atom is 0.310 e. The number of carbonyl (C=O) groups excluding carboxylic acids is 2. The van der Waals surface area contributed by atoms with Gasteiger partial charge in [0, 0.05) is 16.1 Å². The molecule has 0 unspecified atom stereocenters. The fraction of sp³-hybridized carbons (Fsp3) is 0.529. The first-order valence-electron chi connectivity index (χ1n) is 7.88. The van der Waals surface area contributed by atoms with Gasteiger partial charge in [-0.05, 0) is 48.9 Å². The molecule has 0 spiro atoms. The molecule has 1 saturated heterocycles. The van der Waals surface area contributed by atoms with Gasteiger partial charge in [0.05, 0.1) is 11.8 Å². The van der Waals surface area contributed by atoms with Crippen LogP contribution in [0, 0.1) is 23.7 Å². The molecule has 5 atom stereocenters. The number of nitrogens with one attached hydrogen (secondary N) is 1. The molecule has 1 aromatic carbocycles. The summed E-state index contributed by atoms with van der Waals surface area (Å²) in [5, 5.41) is 3.05. The van der Waals surface area contributed by atoms with Crippen LogP contribution in [0.2, 0.25) is 0 Å². The summed E-state index contributed by atoms with van der Waals surface area (Å²) < 4.78 is 6.41. The highest BCUT2D eigenvalue weighted by Gasteiger charge is 2.63. The van der Waals surface area contributed by atoms with Gasteiger partial charge in [0.15, 0.2) is 0 Å². The number of hydrogen-bond acceptors (Lipinski definition) is 3. The molecule has 0 radical (unpaired) electrons. The largest absolute Gasteiger partial charge is 0.462 e. The normalized spacial score (nSPS) is 34.8. The zero-order valence-electron chi connectivity index (χ0n) is 12.3. The molecule has 4 rings (SSSR count). The Morgan fingerprint density at radius 1 is 1.41 bits per heavy atom. The van der Waals surface area contributed by atoms with Crippen molar-refractivity contribution in [3.05, 3.63) is 28.2 Å². The second-order valence-electron chi connectivity index (χ2n) is 6.57. The molecule has 1 aliphatic heterocycles. The highest BCUT2D eigenvalue weighted by Crippen LogP contribution is 2.57. The second kappa shape index (κ2) is 5.08. The predicted molar refractivity (Wildman–Crippen MR) is 85.2 cm³/mol. The molecular weight excluding hydrogens is 346 g/mol. The fourth-order valence-electron chi connectivity index (χ4n) is 4.56. The molecule has 3 aliphatic rings. The third-order valence-electron chi connectivity index (χ3n) is 5.49. The van der Waals surface area contributed by atoms with Crippen LogP contribution in [0.1, 0.15) is 25.3 Å². The van der Waals surface area contributed by atoms with Gasteiger partial charge < -0.3 is 10.1 Å². The highest BCUT2D eigenvalue weighted by atomic mass is 79.9. The van der Waals surface area contributed by atoms with Crippen LogP contribution in [0.3, 0.4) is 0 Å². The molecule has 5 heteroatoms. The van der Waals surface area contributed by atoms with Crippen molar-refractivity contribution < 1.29 is 14.3 Å². The van der Waals surface area contributed by atoms with Crippen LogP contribution in [0.25, 0.3) is 0 Å². The van der Waals surface area contributed by atoms with Gasteiger partial charge >= 0.3 is 5.97 Å². The number of aryl methyl sites for hydroxylation is 1. The van der Waals surface area contributed by atoms with Crippen LogP contribution in [0.15, 0.2) is 22.7 Å². The molecule has 2 bridgehead atoms. The summed E-state index contributed by atoms with van der Waals surface area (Å²) in [6, 6.07) is 5.87. The second-order valence-corrected chi connectivity index (χ2v) is 7.48. The van der Waals surface area contributed by atoms with E-state index >= 15 is 0 Å². The lowest BCUT2D eigenvalue weighted by atomic mass is 9.79. The van der Waals surface area contributed by atoms with Crippen LogP contribution in [0.5, 0.6) is 0 Å². The number of ether oxygens (including phenoxy) is 1. The van der Waals surface area contributed by atoms with Gasteiger partial charge in [-0.15, -0.1) is 0 Å². The van der Waals surface area contributed by atoms with E-state index in [4.69, 9.17) is 4.74 Å². The monoisotopic (exact) mass is 363 g/mol. The van der Waals surface area contributed by atoms with Gasteiger partial charge in [-0.2, -0.15) is 0 Å². The number of hydrogen-bond donors (Lipinski definition) is 1. The van der Waals surface area contributed by atoms with E-state index in [1.165, 1.54) is 0 Å². The number of carbonyl (C=O) groups is 2. The Kier molecular flexibility index (Phi) is 3.29. The van der Waals surface area contributed by atoms with Crippen molar-refractivity contribution in [2.75, 3.05) is 5.32 Å². The van der Waals surface area contributed by atoms with Crippen molar-refractivity contribution in [3.8, 4) is 0 Å². The number of rotatable bonds is 3. The lowest BCUT2D eigenvalue weighted by Gasteiger charge is -2.24. The molecule has 2 saturated carbocycles. The Hall–Kier alpha value is -1.36. The molecule has 1 heterocycles. The Morgan fingerprint density at radius 2 is 2.23 bits per heavy atom. The van der Waals surface area contributed by atoms with E-state index in [-0.39, 0.29) is 35.7 Å². The average Bonchev–Trinajstić information content (AvgIpc) is 3.10. The zero-order chi connectivity index (χ0) is 15.4. The van der Waals surface area contributed by atoms with E-state index in [1.807, 2.05) is 18.2 Å². The topological polar surface area (TPSA) is 55.4 Å². The molecule has 0 aromatic heterocycles. The van der Waals surface area contributed by atoms with Crippen LogP contribution >= 0.6 is 15.9 Å². The van der Waals surface area contributed by atoms with Crippen molar-refractivity contribution in [1.82, 2.24) is 0 Å². The summed E-state index contributed by atoms with van der Waals surface area (Å²) in [6.45, 7) is 2.06. The minimum Gasteiger partial charge on any atom is -0.462 e. The summed E-state index contributed by atoms with van der Waals surface area (Å²) in [7, 11) is 0. The molecule has 3 fully saturated rings. The Bertz CT molecular complexity index is 657. The van der Waals surface area contributed by atoms with Crippen LogP contribution in [0.4, 0.5) is 5.69 Å². The fourth-order valence-corrected chi connectivity index (χ4v) is 4.96. The summed E-state index contributed by atoms with van der Waals surface area (Å²) in [4.78, 5) is 24.8. The third-order valence-corrected chi connectivity index (χ3v) is 5.99. The molecule has 1 N–H and O–H groups in total. The van der Waals surface area contributed by atoms with E-state index in [1.54, 1.807) is 0 Å². The number of fused-ring (bicyclic) bond motifs is 1. The lowest BCUT2D eigenvalue weighted by molar-refractivity contribution is -0.145. The average molecular weight is 364 g/mol. The Balaban J connectivity index is 1.57. The van der Waals surface area contributed by atoms with E-state index in [0.717, 1.165) is 35.0 Å². The van der Waals surface area contributed by atoms with Crippen molar-refractivity contribution in [2.45, 2.75) is 32.3 Å². The van der Waals surface area contributed by atoms with Gasteiger partial charge in [-0.1, -0.05) is 22.9 Å². The molecule has 22 heavy (non-hydrogen) atoms. The predicted octanol–water partition coefficient (Wildman–Crippen LogP) is 3.15. The minimum absolute atomic E-state index is 0.0215. The smallest absolute Gasteiger partial charge is 0.310 e. The van der Waals surface area contributed by atoms with Gasteiger partial charge in [0.1, 0.15) is 6.10 Å². The van der Waals surface area contributed by atoms with E-state index in [2.05, 4.69) is 28.2 Å². The molecular formula is C17H18BrNO3. The van der Waals surface area contributed by atoms with Crippen molar-refractivity contribution in [2.24, 2.45) is 23.7 Å². The SMILES string of the molecule is CCc1cc(Br)ccc1NC(=O)[C@@H]1[C@@H]2C[C@@H]3[C@H]1C(=O)O[C@@H]3C2. The van der Waals surface area contributed by atoms with Gasteiger partial charge in [0.25, 0.3) is 0 Å². The van der Waals surface area contributed by atoms with Crippen molar-refractivity contribution in [3.63, 3.8) is 0 Å². The number of halogens is 1. The van der Waals surface area contributed by atoms with E-state index < -0.39 is 0 Å². The van der Waals surface area contributed by atoms with Crippen LogP contribution < -0.4 is 5.32 Å². The number of anilines is 1. The van der Waals surface area contributed by atoms with Gasteiger partial charge in [0.2, 0.25) is 5.91 Å². The summed E-state index contributed by atoms with van der Waals surface area (Å²) in [5.41, 5.74) is 1.94. The Morgan fingerprint density at radius 3 is 3.00 bits per heavy atom. The molecule has 1 amide bonds. The maximum absolute atomic E-state index is 12.8. The van der Waals surface area contributed by atoms with Gasteiger partial charge in [-0.25, -0.2) is 0 Å². The third kappa shape index (κ3) is 2.02. The summed E-state index contributed by atoms with van der Waals surface area (Å²) in [6.07, 6.45) is 2.73. The first-order chi connectivity index (χ1) is 10.6. The van der Waals surface area contributed by atoms with Crippen LogP contribution in [-0.2, 0) is 20.7 Å². The molecule has 2 aliphatic carbocycles. The maximum atomic E-state index is 12.8. The first-order valence-corrected chi connectivity index (χ1v) is 8.67. The standard InChI is InChI=1S/C17H18BrNO3/c1-2-8-5-10(18)3-4-12(8)19-16(20)14-9-6-11-13(7-9)22-17(21)15(11)14/h3-5,9,11,13-15H,2,6-7H2,1H3,(H,19,20)/t9-,11+,13-,14-,15-/m1/s1. The number of benzene rings is 1. The zero-order valence-corrected chi connectivity index (χ0v) is 13.9. The quantitative estimate of drug-likeness (QED) is 0.839. The number of amides is 1. The van der Waals surface area contributed by atoms with Crippen molar-refractivity contribution >= 4 is 33.5 Å². The van der Waals surface area contributed by atoms with E-state index in [0.29, 0.717) is 5.92 Å². The molecule has 4 nitrogen and oxygen atoms in total. The summed E-state index contributed by atoms with van der Waals surface area (Å²) >= 11 is 3.46. The number of esters is 1. The summed E-state index contributed by atoms with van der Waals surface area (Å²) in [5.74, 6) is -0.0573.